The van der Waals surface area contributed by atoms with Gasteiger partial charge in [-0.1, -0.05) is 24.3 Å². The van der Waals surface area contributed by atoms with Gasteiger partial charge in [-0.3, -0.25) is 0 Å². The zero-order valence-corrected chi connectivity index (χ0v) is 7.49. The molecule has 1 aliphatic carbocycles. The Morgan fingerprint density at radius 2 is 2.25 bits per heavy atom. The van der Waals surface area contributed by atoms with Crippen LogP contribution in [0.25, 0.3) is 0 Å². The van der Waals surface area contributed by atoms with Crippen molar-refractivity contribution >= 4 is 0 Å². The maximum Gasteiger partial charge on any atom is 0.0710 e. The molecule has 12 heavy (non-hydrogen) atoms. The molecule has 2 aliphatic rings. The van der Waals surface area contributed by atoms with Crippen molar-refractivity contribution in [2.24, 2.45) is 0 Å². The van der Waals surface area contributed by atoms with Crippen molar-refractivity contribution in [1.29, 1.82) is 0 Å². The molecule has 2 heteroatoms. The molecule has 0 fully saturated rings. The van der Waals surface area contributed by atoms with Gasteiger partial charge in [0.2, 0.25) is 0 Å². The van der Waals surface area contributed by atoms with Gasteiger partial charge in [-0.15, -0.1) is 0 Å². The van der Waals surface area contributed by atoms with Crippen LogP contribution in [0.3, 0.4) is 0 Å². The van der Waals surface area contributed by atoms with Gasteiger partial charge in [0.25, 0.3) is 0 Å². The van der Waals surface area contributed by atoms with Crippen LogP contribution in [0.5, 0.6) is 0 Å². The Bertz CT molecular complexity index is 261. The second-order valence-corrected chi connectivity index (χ2v) is 3.48. The van der Waals surface area contributed by atoms with Crippen molar-refractivity contribution in [2.45, 2.75) is 25.9 Å². The number of nitrogens with one attached hydrogen (secondary N) is 1. The number of allylic oxidation sites excluding steroid dienone is 2. The van der Waals surface area contributed by atoms with Gasteiger partial charge in [0.15, 0.2) is 0 Å². The van der Waals surface area contributed by atoms with Crippen molar-refractivity contribution in [3.05, 3.63) is 36.1 Å². The second kappa shape index (κ2) is 2.79. The molecule has 0 saturated heterocycles. The summed E-state index contributed by atoms with van der Waals surface area (Å²) >= 11 is 0. The molecule has 0 amide bonds. The van der Waals surface area contributed by atoms with Crippen LogP contribution in [-0.2, 0) is 0 Å². The van der Waals surface area contributed by atoms with Crippen LogP contribution in [-0.4, -0.2) is 17.1 Å². The third kappa shape index (κ3) is 1.18. The lowest BCUT2D eigenvalue weighted by Crippen LogP contribution is -2.39. The molecular formula is C10H14N2. The van der Waals surface area contributed by atoms with E-state index in [-0.39, 0.29) is 0 Å². The Labute approximate surface area is 73.2 Å². The fourth-order valence-corrected chi connectivity index (χ4v) is 1.45. The SMILES string of the molecule is CC(C)N1C=C2C=CC=CC2N1. The summed E-state index contributed by atoms with van der Waals surface area (Å²) < 4.78 is 0. The summed E-state index contributed by atoms with van der Waals surface area (Å²) in [6.45, 7) is 4.35. The first-order valence-corrected chi connectivity index (χ1v) is 4.38. The lowest BCUT2D eigenvalue weighted by atomic mass is 10.1. The van der Waals surface area contributed by atoms with Crippen LogP contribution >= 0.6 is 0 Å². The van der Waals surface area contributed by atoms with Crippen LogP contribution in [0.4, 0.5) is 0 Å². The summed E-state index contributed by atoms with van der Waals surface area (Å²) in [6, 6.07) is 0.919. The highest BCUT2D eigenvalue weighted by atomic mass is 15.5. The Morgan fingerprint density at radius 3 is 2.92 bits per heavy atom. The molecule has 0 bridgehead atoms. The van der Waals surface area contributed by atoms with Gasteiger partial charge in [-0.2, -0.15) is 0 Å². The van der Waals surface area contributed by atoms with Crippen LogP contribution < -0.4 is 5.43 Å². The summed E-state index contributed by atoms with van der Waals surface area (Å²) in [7, 11) is 0. The van der Waals surface area contributed by atoms with Gasteiger partial charge in [-0.05, 0) is 19.4 Å². The van der Waals surface area contributed by atoms with Crippen LogP contribution in [0.2, 0.25) is 0 Å². The molecule has 1 N–H and O–H groups in total. The lowest BCUT2D eigenvalue weighted by molar-refractivity contribution is 0.235. The van der Waals surface area contributed by atoms with Crippen molar-refractivity contribution in [3.63, 3.8) is 0 Å². The highest BCUT2D eigenvalue weighted by Crippen LogP contribution is 2.19. The topological polar surface area (TPSA) is 15.3 Å². The summed E-state index contributed by atoms with van der Waals surface area (Å²) in [5.41, 5.74) is 4.75. The number of hydrogen-bond donors (Lipinski definition) is 1. The van der Waals surface area contributed by atoms with E-state index in [0.29, 0.717) is 12.1 Å². The predicted octanol–water partition coefficient (Wildman–Crippen LogP) is 1.59. The van der Waals surface area contributed by atoms with Crippen molar-refractivity contribution in [3.8, 4) is 0 Å². The summed E-state index contributed by atoms with van der Waals surface area (Å²) in [5, 5.41) is 2.15. The number of hydrazine groups is 1. The molecule has 0 aromatic rings. The van der Waals surface area contributed by atoms with Gasteiger partial charge < -0.3 is 5.01 Å². The lowest BCUT2D eigenvalue weighted by Gasteiger charge is -2.22. The molecule has 0 radical (unpaired) electrons. The van der Waals surface area contributed by atoms with E-state index in [1.165, 1.54) is 5.57 Å². The minimum atomic E-state index is 0.400. The monoisotopic (exact) mass is 162 g/mol. The van der Waals surface area contributed by atoms with Crippen molar-refractivity contribution in [2.75, 3.05) is 0 Å². The Kier molecular flexibility index (Phi) is 1.77. The van der Waals surface area contributed by atoms with E-state index >= 15 is 0 Å². The fourth-order valence-electron chi connectivity index (χ4n) is 1.45. The van der Waals surface area contributed by atoms with Gasteiger partial charge in [0.1, 0.15) is 0 Å². The molecule has 1 aliphatic heterocycles. The molecule has 0 aromatic carbocycles. The van der Waals surface area contributed by atoms with E-state index in [1.807, 2.05) is 0 Å². The quantitative estimate of drug-likeness (QED) is 0.630. The standard InChI is InChI=1S/C10H14N2/c1-8(2)12-7-9-5-3-4-6-10(9)11-12/h3-8,10-11H,1-2H3. The molecule has 1 atom stereocenters. The molecule has 0 spiro atoms. The van der Waals surface area contributed by atoms with Crippen molar-refractivity contribution in [1.82, 2.24) is 10.4 Å². The molecular weight excluding hydrogens is 148 g/mol. The van der Waals surface area contributed by atoms with Crippen LogP contribution in [0.1, 0.15) is 13.8 Å². The first kappa shape index (κ1) is 7.62. The van der Waals surface area contributed by atoms with E-state index in [0.717, 1.165) is 0 Å². The number of fused-ring (bicyclic) bond motifs is 1. The minimum absolute atomic E-state index is 0.400. The minimum Gasteiger partial charge on any atom is -0.312 e. The van der Waals surface area contributed by atoms with E-state index < -0.39 is 0 Å². The molecule has 1 unspecified atom stereocenters. The third-order valence-corrected chi connectivity index (χ3v) is 2.20. The molecule has 0 aromatic heterocycles. The fraction of sp³-hybridized carbons (Fsp3) is 0.400. The maximum atomic E-state index is 3.40. The Morgan fingerprint density at radius 1 is 1.42 bits per heavy atom. The highest BCUT2D eigenvalue weighted by Gasteiger charge is 2.21. The summed E-state index contributed by atoms with van der Waals surface area (Å²) in [4.78, 5) is 0. The molecule has 2 rings (SSSR count). The molecule has 2 nitrogen and oxygen atoms in total. The summed E-state index contributed by atoms with van der Waals surface area (Å²) in [6.07, 6.45) is 10.7. The van der Waals surface area contributed by atoms with Gasteiger partial charge in [-0.25, -0.2) is 5.43 Å². The second-order valence-electron chi connectivity index (χ2n) is 3.48. The zero-order valence-electron chi connectivity index (χ0n) is 7.49. The normalized spacial score (nSPS) is 26.4. The van der Waals surface area contributed by atoms with E-state index in [9.17, 15) is 0 Å². The Balaban J connectivity index is 2.17. The first-order chi connectivity index (χ1) is 5.77. The number of rotatable bonds is 1. The average Bonchev–Trinajstić information content (AvgIpc) is 2.46. The van der Waals surface area contributed by atoms with Crippen LogP contribution in [0.15, 0.2) is 36.1 Å². The Hall–Kier alpha value is -1.02. The molecule has 64 valence electrons. The van der Waals surface area contributed by atoms with E-state index in [1.54, 1.807) is 0 Å². The number of nitrogens with zero attached hydrogens (tertiary/aromatic N) is 1. The third-order valence-electron chi connectivity index (χ3n) is 2.20. The van der Waals surface area contributed by atoms with Crippen molar-refractivity contribution < 1.29 is 0 Å². The molecule has 1 heterocycles. The zero-order chi connectivity index (χ0) is 8.55. The van der Waals surface area contributed by atoms with Gasteiger partial charge in [0.05, 0.1) is 6.04 Å². The van der Waals surface area contributed by atoms with Crippen LogP contribution in [0, 0.1) is 0 Å². The highest BCUT2D eigenvalue weighted by molar-refractivity contribution is 5.38. The largest absolute Gasteiger partial charge is 0.312 e. The van der Waals surface area contributed by atoms with E-state index in [2.05, 4.69) is 54.8 Å². The average molecular weight is 162 g/mol. The van der Waals surface area contributed by atoms with Gasteiger partial charge >= 0.3 is 0 Å². The van der Waals surface area contributed by atoms with E-state index in [4.69, 9.17) is 0 Å². The molecule has 0 saturated carbocycles. The predicted molar refractivity (Wildman–Crippen MR) is 50.3 cm³/mol. The number of hydrogen-bond acceptors (Lipinski definition) is 2. The maximum absolute atomic E-state index is 3.40. The van der Waals surface area contributed by atoms with Gasteiger partial charge in [0, 0.05) is 12.2 Å². The first-order valence-electron chi connectivity index (χ1n) is 4.38. The smallest absolute Gasteiger partial charge is 0.0710 e. The summed E-state index contributed by atoms with van der Waals surface area (Å²) in [5.74, 6) is 0.